The monoisotopic (exact) mass is 295 g/mol. The summed E-state index contributed by atoms with van der Waals surface area (Å²) in [6, 6.07) is 1.44. The number of aliphatic hydroxyl groups is 1. The second-order valence-corrected chi connectivity index (χ2v) is 7.12. The molecule has 3 heterocycles. The highest BCUT2D eigenvalue weighted by Gasteiger charge is 2.35. The Morgan fingerprint density at radius 2 is 2.10 bits per heavy atom. The Labute approximate surface area is 125 Å². The summed E-state index contributed by atoms with van der Waals surface area (Å²) in [5, 5.41) is 10.6. The van der Waals surface area contributed by atoms with Gasteiger partial charge in [-0.3, -0.25) is 4.90 Å². The van der Waals surface area contributed by atoms with Gasteiger partial charge in [0.15, 0.2) is 5.13 Å². The number of hydrogen-bond acceptors (Lipinski definition) is 5. The van der Waals surface area contributed by atoms with Crippen molar-refractivity contribution in [1.29, 1.82) is 0 Å². The van der Waals surface area contributed by atoms with Crippen molar-refractivity contribution in [2.45, 2.75) is 57.7 Å². The summed E-state index contributed by atoms with van der Waals surface area (Å²) in [5.41, 5.74) is 1.11. The predicted molar refractivity (Wildman–Crippen MR) is 83.4 cm³/mol. The predicted octanol–water partition coefficient (Wildman–Crippen LogP) is 2.26. The maximum absolute atomic E-state index is 9.50. The summed E-state index contributed by atoms with van der Waals surface area (Å²) >= 11 is 1.69. The number of thiazole rings is 1. The Hall–Kier alpha value is -0.650. The van der Waals surface area contributed by atoms with E-state index in [4.69, 9.17) is 4.98 Å². The molecular weight excluding hydrogens is 270 g/mol. The number of hydrogen-bond donors (Lipinski definition) is 1. The van der Waals surface area contributed by atoms with Crippen LogP contribution in [0.15, 0.2) is 0 Å². The first-order chi connectivity index (χ1) is 9.72. The molecule has 5 heteroatoms. The molecule has 2 saturated heterocycles. The van der Waals surface area contributed by atoms with E-state index in [2.05, 4.69) is 23.8 Å². The average molecular weight is 295 g/mol. The van der Waals surface area contributed by atoms with Crippen molar-refractivity contribution in [3.8, 4) is 0 Å². The van der Waals surface area contributed by atoms with E-state index in [9.17, 15) is 5.11 Å². The summed E-state index contributed by atoms with van der Waals surface area (Å²) in [6.45, 7) is 4.50. The third-order valence-electron chi connectivity index (χ3n) is 4.82. The van der Waals surface area contributed by atoms with Crippen LogP contribution in [0.5, 0.6) is 0 Å². The van der Waals surface area contributed by atoms with Crippen LogP contribution >= 0.6 is 11.3 Å². The Morgan fingerprint density at radius 3 is 2.85 bits per heavy atom. The summed E-state index contributed by atoms with van der Waals surface area (Å²) in [4.78, 5) is 10.9. The van der Waals surface area contributed by atoms with Gasteiger partial charge in [0.1, 0.15) is 0 Å². The minimum atomic E-state index is 0.132. The van der Waals surface area contributed by atoms with E-state index in [1.807, 2.05) is 0 Å². The number of nitrogens with zero attached hydrogens (tertiary/aromatic N) is 3. The molecule has 2 fully saturated rings. The van der Waals surface area contributed by atoms with Crippen molar-refractivity contribution in [3.63, 3.8) is 0 Å². The minimum absolute atomic E-state index is 0.132. The summed E-state index contributed by atoms with van der Waals surface area (Å²) < 4.78 is 0. The highest BCUT2D eigenvalue weighted by molar-refractivity contribution is 7.15. The van der Waals surface area contributed by atoms with Crippen molar-refractivity contribution < 1.29 is 5.11 Å². The molecule has 0 spiro atoms. The van der Waals surface area contributed by atoms with Crippen LogP contribution in [0.2, 0.25) is 0 Å². The Kier molecular flexibility index (Phi) is 4.29. The number of anilines is 1. The van der Waals surface area contributed by atoms with Gasteiger partial charge in [0.2, 0.25) is 0 Å². The molecule has 3 rings (SSSR count). The fourth-order valence-electron chi connectivity index (χ4n) is 3.54. The molecule has 20 heavy (non-hydrogen) atoms. The van der Waals surface area contributed by atoms with Gasteiger partial charge in [-0.05, 0) is 32.7 Å². The lowest BCUT2D eigenvalue weighted by atomic mass is 10.1. The molecule has 112 valence electrons. The van der Waals surface area contributed by atoms with E-state index in [0.717, 1.165) is 47.7 Å². The second-order valence-electron chi connectivity index (χ2n) is 6.06. The van der Waals surface area contributed by atoms with Crippen LogP contribution in [-0.4, -0.2) is 47.2 Å². The third-order valence-corrected chi connectivity index (χ3v) is 5.96. The molecule has 1 aromatic heterocycles. The first kappa shape index (κ1) is 14.3. The molecule has 0 radical (unpaired) electrons. The van der Waals surface area contributed by atoms with Gasteiger partial charge < -0.3 is 10.0 Å². The van der Waals surface area contributed by atoms with E-state index in [1.54, 1.807) is 11.3 Å². The van der Waals surface area contributed by atoms with Crippen LogP contribution < -0.4 is 4.90 Å². The minimum Gasteiger partial charge on any atom is -0.391 e. The lowest BCUT2D eigenvalue weighted by molar-refractivity contribution is 0.254. The Bertz CT molecular complexity index is 462. The van der Waals surface area contributed by atoms with E-state index in [0.29, 0.717) is 6.04 Å². The molecule has 1 aromatic rings. The van der Waals surface area contributed by atoms with Crippen molar-refractivity contribution in [2.75, 3.05) is 25.0 Å². The molecule has 0 aromatic carbocycles. The Morgan fingerprint density at radius 1 is 1.30 bits per heavy atom. The SMILES string of the molecule is CCCc1nc(N2CCC3CCC(C2)N3C)sc1CO. The fraction of sp³-hybridized carbons (Fsp3) is 0.800. The zero-order valence-corrected chi connectivity index (χ0v) is 13.3. The van der Waals surface area contributed by atoms with Crippen LogP contribution in [0, 0.1) is 0 Å². The molecule has 1 N–H and O–H groups in total. The van der Waals surface area contributed by atoms with E-state index < -0.39 is 0 Å². The van der Waals surface area contributed by atoms with Gasteiger partial charge in [0.05, 0.1) is 17.2 Å². The zero-order valence-electron chi connectivity index (χ0n) is 12.5. The van der Waals surface area contributed by atoms with Gasteiger partial charge in [-0.25, -0.2) is 4.98 Å². The van der Waals surface area contributed by atoms with E-state index >= 15 is 0 Å². The normalized spacial score (nSPS) is 27.1. The number of fused-ring (bicyclic) bond motifs is 2. The standard InChI is InChI=1S/C15H25N3OS/c1-3-4-13-14(10-19)20-15(16-13)18-8-7-11-5-6-12(9-18)17(11)2/h11-12,19H,3-10H2,1-2H3. The number of aromatic nitrogens is 1. The third kappa shape index (κ3) is 2.59. The summed E-state index contributed by atoms with van der Waals surface area (Å²) in [6.07, 6.45) is 5.98. The highest BCUT2D eigenvalue weighted by Crippen LogP contribution is 2.33. The molecule has 4 nitrogen and oxygen atoms in total. The average Bonchev–Trinajstić information content (AvgIpc) is 2.92. The second kappa shape index (κ2) is 6.00. The first-order valence-corrected chi connectivity index (χ1v) is 8.61. The van der Waals surface area contributed by atoms with Gasteiger partial charge in [0.25, 0.3) is 0 Å². The smallest absolute Gasteiger partial charge is 0.185 e. The zero-order chi connectivity index (χ0) is 14.1. The maximum Gasteiger partial charge on any atom is 0.185 e. The largest absolute Gasteiger partial charge is 0.391 e. The number of rotatable bonds is 4. The molecule has 2 unspecified atom stereocenters. The highest BCUT2D eigenvalue weighted by atomic mass is 32.1. The molecule has 2 atom stereocenters. The molecule has 2 aliphatic heterocycles. The molecule has 2 aliphatic rings. The lowest BCUT2D eigenvalue weighted by Crippen LogP contribution is -2.36. The Balaban J connectivity index is 1.79. The quantitative estimate of drug-likeness (QED) is 0.925. The molecule has 2 bridgehead atoms. The number of likely N-dealkylation sites (N-methyl/N-ethyl adjacent to an activating group) is 1. The van der Waals surface area contributed by atoms with E-state index in [1.165, 1.54) is 19.3 Å². The maximum atomic E-state index is 9.50. The number of aliphatic hydroxyl groups excluding tert-OH is 1. The molecule has 0 saturated carbocycles. The van der Waals surface area contributed by atoms with Crippen LogP contribution in [0.25, 0.3) is 0 Å². The van der Waals surface area contributed by atoms with Gasteiger partial charge in [0, 0.05) is 25.2 Å². The van der Waals surface area contributed by atoms with Crippen LogP contribution in [0.1, 0.15) is 43.2 Å². The molecule has 0 amide bonds. The van der Waals surface area contributed by atoms with Crippen LogP contribution in [-0.2, 0) is 13.0 Å². The van der Waals surface area contributed by atoms with E-state index in [-0.39, 0.29) is 6.61 Å². The van der Waals surface area contributed by atoms with Crippen LogP contribution in [0.3, 0.4) is 0 Å². The number of aryl methyl sites for hydroxylation is 1. The van der Waals surface area contributed by atoms with Gasteiger partial charge in [-0.2, -0.15) is 0 Å². The van der Waals surface area contributed by atoms with Gasteiger partial charge in [-0.1, -0.05) is 24.7 Å². The van der Waals surface area contributed by atoms with Gasteiger partial charge >= 0.3 is 0 Å². The van der Waals surface area contributed by atoms with Crippen molar-refractivity contribution in [2.24, 2.45) is 0 Å². The topological polar surface area (TPSA) is 39.6 Å². The van der Waals surface area contributed by atoms with Crippen molar-refractivity contribution >= 4 is 16.5 Å². The lowest BCUT2D eigenvalue weighted by Gasteiger charge is -2.25. The molecular formula is C15H25N3OS. The van der Waals surface area contributed by atoms with Gasteiger partial charge in [-0.15, -0.1) is 0 Å². The summed E-state index contributed by atoms with van der Waals surface area (Å²) in [7, 11) is 2.27. The fourth-order valence-corrected chi connectivity index (χ4v) is 4.54. The van der Waals surface area contributed by atoms with Crippen molar-refractivity contribution in [3.05, 3.63) is 10.6 Å². The summed E-state index contributed by atoms with van der Waals surface area (Å²) in [5.74, 6) is 0. The van der Waals surface area contributed by atoms with Crippen molar-refractivity contribution in [1.82, 2.24) is 9.88 Å². The molecule has 0 aliphatic carbocycles. The first-order valence-electron chi connectivity index (χ1n) is 7.79. The van der Waals surface area contributed by atoms with Crippen LogP contribution in [0.4, 0.5) is 5.13 Å².